The van der Waals surface area contributed by atoms with Crippen LogP contribution in [0.25, 0.3) is 0 Å². The molecule has 2 aliphatic rings. The van der Waals surface area contributed by atoms with Crippen molar-refractivity contribution in [3.8, 4) is 0 Å². The van der Waals surface area contributed by atoms with Gasteiger partial charge in [0.05, 0.1) is 17.5 Å². The molecule has 0 bridgehead atoms. The Kier molecular flexibility index (Phi) is 6.09. The molecule has 8 heteroatoms. The predicted octanol–water partition coefficient (Wildman–Crippen LogP) is 2.80. The van der Waals surface area contributed by atoms with Crippen molar-refractivity contribution in [2.45, 2.75) is 56.5 Å². The summed E-state index contributed by atoms with van der Waals surface area (Å²) in [5, 5.41) is 3.01. The summed E-state index contributed by atoms with van der Waals surface area (Å²) in [6, 6.07) is 12.8. The fourth-order valence-corrected chi connectivity index (χ4v) is 6.04. The Hall–Kier alpha value is -2.71. The highest BCUT2D eigenvalue weighted by Crippen LogP contribution is 2.34. The molecule has 7 nitrogen and oxygen atoms in total. The van der Waals surface area contributed by atoms with Crippen LogP contribution in [-0.4, -0.2) is 44.2 Å². The Balaban J connectivity index is 1.47. The topological polar surface area (TPSA) is 86.8 Å². The van der Waals surface area contributed by atoms with Crippen molar-refractivity contribution < 1.29 is 18.0 Å². The van der Waals surface area contributed by atoms with E-state index in [0.717, 1.165) is 40.4 Å². The number of sulfonamides is 1. The number of hydrogen-bond acceptors (Lipinski definition) is 4. The monoisotopic (exact) mass is 455 g/mol. The van der Waals surface area contributed by atoms with Gasteiger partial charge < -0.3 is 10.2 Å². The number of nitrogens with one attached hydrogen (secondary N) is 1. The van der Waals surface area contributed by atoms with E-state index in [9.17, 15) is 18.0 Å². The molecule has 0 aromatic heterocycles. The maximum Gasteiger partial charge on any atom is 0.243 e. The highest BCUT2D eigenvalue weighted by atomic mass is 32.2. The van der Waals surface area contributed by atoms with Gasteiger partial charge in [0.15, 0.2) is 0 Å². The summed E-state index contributed by atoms with van der Waals surface area (Å²) in [5.41, 5.74) is 3.92. The predicted molar refractivity (Wildman–Crippen MR) is 123 cm³/mol. The molecule has 0 saturated carbocycles. The molecular formula is C24H29N3O4S. The number of aryl methyl sites for hydroxylation is 1. The maximum atomic E-state index is 13.1. The molecule has 0 fully saturated rings. The van der Waals surface area contributed by atoms with Crippen LogP contribution in [0.1, 0.15) is 49.4 Å². The lowest BCUT2D eigenvalue weighted by Gasteiger charge is -2.27. The summed E-state index contributed by atoms with van der Waals surface area (Å²) in [6.07, 6.45) is 3.42. The first kappa shape index (κ1) is 22.5. The van der Waals surface area contributed by atoms with E-state index in [1.165, 1.54) is 25.6 Å². The Morgan fingerprint density at radius 2 is 1.91 bits per heavy atom. The summed E-state index contributed by atoms with van der Waals surface area (Å²) < 4.78 is 27.3. The SMILES string of the molecule is CC(=O)N1c2ccc(S(=O)(=O)N(C)CC(=O)NC3CCCc4ccccc43)cc2CC1C. The highest BCUT2D eigenvalue weighted by molar-refractivity contribution is 7.89. The smallest absolute Gasteiger partial charge is 0.243 e. The molecule has 2 unspecified atom stereocenters. The summed E-state index contributed by atoms with van der Waals surface area (Å²) in [4.78, 5) is 26.4. The molecular weight excluding hydrogens is 426 g/mol. The van der Waals surface area contributed by atoms with E-state index in [-0.39, 0.29) is 35.3 Å². The number of carbonyl (C=O) groups excluding carboxylic acids is 2. The van der Waals surface area contributed by atoms with Crippen molar-refractivity contribution in [3.63, 3.8) is 0 Å². The van der Waals surface area contributed by atoms with Crippen molar-refractivity contribution in [3.05, 3.63) is 59.2 Å². The van der Waals surface area contributed by atoms with Gasteiger partial charge in [0.2, 0.25) is 21.8 Å². The molecule has 170 valence electrons. The Labute approximate surface area is 189 Å². The van der Waals surface area contributed by atoms with Crippen LogP contribution < -0.4 is 10.2 Å². The molecule has 2 atom stereocenters. The van der Waals surface area contributed by atoms with Crippen molar-refractivity contribution >= 4 is 27.5 Å². The van der Waals surface area contributed by atoms with E-state index >= 15 is 0 Å². The van der Waals surface area contributed by atoms with Gasteiger partial charge >= 0.3 is 0 Å². The molecule has 32 heavy (non-hydrogen) atoms. The maximum absolute atomic E-state index is 13.1. The van der Waals surface area contributed by atoms with E-state index in [1.807, 2.05) is 25.1 Å². The van der Waals surface area contributed by atoms with E-state index in [2.05, 4.69) is 11.4 Å². The molecule has 1 heterocycles. The molecule has 1 aliphatic heterocycles. The Morgan fingerprint density at radius 3 is 2.66 bits per heavy atom. The number of likely N-dealkylation sites (N-methyl/N-ethyl adjacent to an activating group) is 1. The van der Waals surface area contributed by atoms with Crippen LogP contribution in [0.15, 0.2) is 47.4 Å². The van der Waals surface area contributed by atoms with E-state index in [1.54, 1.807) is 17.0 Å². The third-order valence-electron chi connectivity index (χ3n) is 6.38. The lowest BCUT2D eigenvalue weighted by molar-refractivity contribution is -0.122. The van der Waals surface area contributed by atoms with Gasteiger partial charge in [-0.2, -0.15) is 4.31 Å². The van der Waals surface area contributed by atoms with Gasteiger partial charge in [-0.1, -0.05) is 24.3 Å². The number of amides is 2. The molecule has 2 aromatic rings. The molecule has 1 N–H and O–H groups in total. The van der Waals surface area contributed by atoms with Crippen molar-refractivity contribution in [2.75, 3.05) is 18.5 Å². The van der Waals surface area contributed by atoms with Crippen LogP contribution in [0.3, 0.4) is 0 Å². The largest absolute Gasteiger partial charge is 0.348 e. The minimum Gasteiger partial charge on any atom is -0.348 e. The van der Waals surface area contributed by atoms with Crippen LogP contribution in [0.4, 0.5) is 5.69 Å². The van der Waals surface area contributed by atoms with Crippen LogP contribution in [0.5, 0.6) is 0 Å². The normalized spacial score (nSPS) is 20.1. The first-order valence-electron chi connectivity index (χ1n) is 10.9. The van der Waals surface area contributed by atoms with E-state index in [0.29, 0.717) is 6.42 Å². The first-order chi connectivity index (χ1) is 15.2. The number of anilines is 1. The highest BCUT2D eigenvalue weighted by Gasteiger charge is 2.32. The van der Waals surface area contributed by atoms with Gasteiger partial charge in [-0.05, 0) is 67.5 Å². The zero-order valence-corrected chi connectivity index (χ0v) is 19.5. The molecule has 0 saturated heterocycles. The average molecular weight is 456 g/mol. The van der Waals surface area contributed by atoms with Crippen LogP contribution >= 0.6 is 0 Å². The van der Waals surface area contributed by atoms with Crippen molar-refractivity contribution in [1.82, 2.24) is 9.62 Å². The van der Waals surface area contributed by atoms with Crippen LogP contribution in [-0.2, 0) is 32.5 Å². The van der Waals surface area contributed by atoms with Gasteiger partial charge in [-0.15, -0.1) is 0 Å². The fraction of sp³-hybridized carbons (Fsp3) is 0.417. The Bertz CT molecular complexity index is 1160. The summed E-state index contributed by atoms with van der Waals surface area (Å²) in [7, 11) is -2.42. The quantitative estimate of drug-likeness (QED) is 0.751. The molecule has 2 amide bonds. The summed E-state index contributed by atoms with van der Waals surface area (Å²) in [6.45, 7) is 3.19. The second kappa shape index (κ2) is 8.67. The lowest BCUT2D eigenvalue weighted by atomic mass is 9.88. The van der Waals surface area contributed by atoms with Crippen LogP contribution in [0, 0.1) is 0 Å². The van der Waals surface area contributed by atoms with Gasteiger partial charge in [0, 0.05) is 25.7 Å². The molecule has 0 radical (unpaired) electrons. The molecule has 4 rings (SSSR count). The summed E-state index contributed by atoms with van der Waals surface area (Å²) >= 11 is 0. The first-order valence-corrected chi connectivity index (χ1v) is 12.4. The van der Waals surface area contributed by atoms with Gasteiger partial charge in [-0.25, -0.2) is 8.42 Å². The number of carbonyl (C=O) groups is 2. The standard InChI is InChI=1S/C24H29N3O4S/c1-16-13-19-14-20(11-12-23(19)27(16)17(2)28)32(30,31)26(3)15-24(29)25-22-10-6-8-18-7-4-5-9-21(18)22/h4-5,7,9,11-12,14,16,22H,6,8,10,13,15H2,1-3H3,(H,25,29). The third kappa shape index (κ3) is 4.17. The molecule has 2 aromatic carbocycles. The number of benzene rings is 2. The number of hydrogen-bond donors (Lipinski definition) is 1. The van der Waals surface area contributed by atoms with Gasteiger partial charge in [-0.3, -0.25) is 9.59 Å². The van der Waals surface area contributed by atoms with Crippen molar-refractivity contribution in [1.29, 1.82) is 0 Å². The minimum atomic E-state index is -3.84. The van der Waals surface area contributed by atoms with Crippen molar-refractivity contribution in [2.24, 2.45) is 0 Å². The lowest BCUT2D eigenvalue weighted by Crippen LogP contribution is -2.40. The fourth-order valence-electron chi connectivity index (χ4n) is 4.86. The average Bonchev–Trinajstić information content (AvgIpc) is 3.09. The zero-order valence-electron chi connectivity index (χ0n) is 18.7. The number of fused-ring (bicyclic) bond motifs is 2. The van der Waals surface area contributed by atoms with Crippen LogP contribution in [0.2, 0.25) is 0 Å². The van der Waals surface area contributed by atoms with Gasteiger partial charge in [0.1, 0.15) is 0 Å². The van der Waals surface area contributed by atoms with Gasteiger partial charge in [0.25, 0.3) is 0 Å². The molecule has 1 aliphatic carbocycles. The summed E-state index contributed by atoms with van der Waals surface area (Å²) in [5.74, 6) is -0.389. The number of nitrogens with zero attached hydrogens (tertiary/aromatic N) is 2. The van der Waals surface area contributed by atoms with E-state index < -0.39 is 10.0 Å². The Morgan fingerprint density at radius 1 is 1.16 bits per heavy atom. The third-order valence-corrected chi connectivity index (χ3v) is 8.18. The second-order valence-electron chi connectivity index (χ2n) is 8.70. The second-order valence-corrected chi connectivity index (χ2v) is 10.7. The van der Waals surface area contributed by atoms with E-state index in [4.69, 9.17) is 0 Å². The molecule has 0 spiro atoms. The number of rotatable bonds is 5. The zero-order chi connectivity index (χ0) is 23.0. The minimum absolute atomic E-state index is 0.0117.